The highest BCUT2D eigenvalue weighted by Crippen LogP contribution is 2.48. The number of aliphatic hydroxyl groups excluding tert-OH is 1. The molecule has 2 heterocycles. The van der Waals surface area contributed by atoms with Gasteiger partial charge in [0.1, 0.15) is 0 Å². The molecule has 2 aliphatic rings. The molecule has 104 valence electrons. The molecular formula is C10H10F3N3O3. The number of halogens is 3. The maximum absolute atomic E-state index is 12.3. The van der Waals surface area contributed by atoms with Crippen molar-refractivity contribution < 1.29 is 27.6 Å². The summed E-state index contributed by atoms with van der Waals surface area (Å²) < 4.78 is 41.4. The molecule has 1 amide bonds. The molecule has 1 aliphatic heterocycles. The molecule has 6 nitrogen and oxygen atoms in total. The van der Waals surface area contributed by atoms with E-state index in [9.17, 15) is 18.0 Å². The van der Waals surface area contributed by atoms with Gasteiger partial charge in [-0.15, -0.1) is 0 Å². The smallest absolute Gasteiger partial charge is 0.389 e. The second-order valence-electron chi connectivity index (χ2n) is 4.80. The van der Waals surface area contributed by atoms with E-state index in [1.54, 1.807) is 0 Å². The zero-order valence-electron chi connectivity index (χ0n) is 9.59. The first-order valence-corrected chi connectivity index (χ1v) is 5.74. The third kappa shape index (κ3) is 2.18. The van der Waals surface area contributed by atoms with Crippen LogP contribution in [0.3, 0.4) is 0 Å². The highest BCUT2D eigenvalue weighted by molar-refractivity contribution is 5.83. The summed E-state index contributed by atoms with van der Waals surface area (Å²) >= 11 is 0. The van der Waals surface area contributed by atoms with Crippen molar-refractivity contribution in [1.29, 1.82) is 0 Å². The van der Waals surface area contributed by atoms with Crippen molar-refractivity contribution in [3.05, 3.63) is 11.7 Å². The van der Waals surface area contributed by atoms with Crippen LogP contribution in [0.5, 0.6) is 0 Å². The van der Waals surface area contributed by atoms with Gasteiger partial charge < -0.3 is 14.5 Å². The minimum Gasteiger partial charge on any atom is -0.389 e. The minimum absolute atomic E-state index is 0.147. The minimum atomic E-state index is -4.64. The molecule has 0 unspecified atom stereocenters. The van der Waals surface area contributed by atoms with Crippen molar-refractivity contribution in [2.24, 2.45) is 5.92 Å². The van der Waals surface area contributed by atoms with E-state index in [-0.39, 0.29) is 24.9 Å². The normalized spacial score (nSPS) is 27.3. The predicted octanol–water partition coefficient (Wildman–Crippen LogP) is 0.395. The maximum atomic E-state index is 12.3. The highest BCUT2D eigenvalue weighted by atomic mass is 19.4. The maximum Gasteiger partial charge on any atom is 0.455 e. The quantitative estimate of drug-likeness (QED) is 0.846. The fourth-order valence-corrected chi connectivity index (χ4v) is 2.11. The summed E-state index contributed by atoms with van der Waals surface area (Å²) in [5.41, 5.74) is 0. The van der Waals surface area contributed by atoms with Gasteiger partial charge >= 0.3 is 6.18 Å². The van der Waals surface area contributed by atoms with Crippen molar-refractivity contribution >= 4 is 5.91 Å². The van der Waals surface area contributed by atoms with Crippen LogP contribution < -0.4 is 0 Å². The van der Waals surface area contributed by atoms with Gasteiger partial charge in [0.15, 0.2) is 0 Å². The van der Waals surface area contributed by atoms with Crippen LogP contribution >= 0.6 is 0 Å². The summed E-state index contributed by atoms with van der Waals surface area (Å²) in [6, 6.07) is 0. The van der Waals surface area contributed by atoms with Crippen LogP contribution in [0.1, 0.15) is 24.1 Å². The van der Waals surface area contributed by atoms with Crippen LogP contribution in [0.2, 0.25) is 0 Å². The Bertz CT molecular complexity index is 510. The number of likely N-dealkylation sites (tertiary alicyclic amines) is 1. The van der Waals surface area contributed by atoms with E-state index >= 15 is 0 Å². The topological polar surface area (TPSA) is 79.5 Å². The van der Waals surface area contributed by atoms with E-state index < -0.39 is 29.9 Å². The zero-order chi connectivity index (χ0) is 13.8. The van der Waals surface area contributed by atoms with E-state index in [4.69, 9.17) is 5.11 Å². The van der Waals surface area contributed by atoms with Crippen molar-refractivity contribution in [3.63, 3.8) is 0 Å². The highest BCUT2D eigenvalue weighted by Gasteiger charge is 2.51. The fourth-order valence-electron chi connectivity index (χ4n) is 2.11. The van der Waals surface area contributed by atoms with Gasteiger partial charge in [0.2, 0.25) is 11.8 Å². The summed E-state index contributed by atoms with van der Waals surface area (Å²) in [7, 11) is 0. The molecule has 0 spiro atoms. The van der Waals surface area contributed by atoms with E-state index in [0.717, 1.165) is 0 Å². The molecule has 9 heteroatoms. The number of rotatable bonds is 2. The number of aliphatic hydroxyl groups is 1. The number of hydrogen-bond acceptors (Lipinski definition) is 5. The molecule has 1 aromatic heterocycles. The van der Waals surface area contributed by atoms with Gasteiger partial charge in [0.25, 0.3) is 5.82 Å². The lowest BCUT2D eigenvalue weighted by atomic mass is 10.1. The molecule has 1 N–H and O–H groups in total. The number of carbonyl (C=O) groups excluding carboxylic acids is 1. The molecule has 1 aliphatic carbocycles. The average Bonchev–Trinajstić information content (AvgIpc) is 2.91. The number of aromatic nitrogens is 2. The van der Waals surface area contributed by atoms with Gasteiger partial charge in [-0.2, -0.15) is 18.2 Å². The molecule has 3 rings (SSSR count). The van der Waals surface area contributed by atoms with Gasteiger partial charge in [-0.05, 0) is 6.42 Å². The van der Waals surface area contributed by atoms with Gasteiger partial charge in [-0.1, -0.05) is 5.16 Å². The molecule has 0 bridgehead atoms. The largest absolute Gasteiger partial charge is 0.455 e. The molecule has 1 saturated carbocycles. The third-order valence-electron chi connectivity index (χ3n) is 3.29. The number of nitrogens with zero attached hydrogens (tertiary/aromatic N) is 3. The number of alkyl halides is 3. The second kappa shape index (κ2) is 3.92. The Kier molecular flexibility index (Phi) is 2.56. The Balaban J connectivity index is 1.63. The van der Waals surface area contributed by atoms with E-state index in [1.807, 2.05) is 0 Å². The molecule has 0 radical (unpaired) electrons. The Morgan fingerprint density at radius 1 is 1.42 bits per heavy atom. The molecule has 19 heavy (non-hydrogen) atoms. The van der Waals surface area contributed by atoms with Gasteiger partial charge in [-0.3, -0.25) is 4.79 Å². The summed E-state index contributed by atoms with van der Waals surface area (Å²) in [5, 5.41) is 11.9. The molecule has 2 atom stereocenters. The Labute approximate surface area is 105 Å². The van der Waals surface area contributed by atoms with E-state index in [1.165, 1.54) is 4.90 Å². The number of carbonyl (C=O) groups is 1. The molecule has 1 saturated heterocycles. The Hall–Kier alpha value is -1.64. The number of amides is 1. The molecule has 1 aromatic rings. The zero-order valence-corrected chi connectivity index (χ0v) is 9.59. The lowest BCUT2D eigenvalue weighted by molar-refractivity contribution is -0.146. The second-order valence-corrected chi connectivity index (χ2v) is 4.80. The summed E-state index contributed by atoms with van der Waals surface area (Å²) in [6.45, 7) is 0.555. The van der Waals surface area contributed by atoms with Crippen LogP contribution in [0.25, 0.3) is 0 Å². The first-order valence-electron chi connectivity index (χ1n) is 5.74. The summed E-state index contributed by atoms with van der Waals surface area (Å²) in [4.78, 5) is 16.6. The van der Waals surface area contributed by atoms with Crippen molar-refractivity contribution in [3.8, 4) is 0 Å². The Morgan fingerprint density at radius 2 is 2.11 bits per heavy atom. The van der Waals surface area contributed by atoms with Crippen LogP contribution in [0.15, 0.2) is 4.52 Å². The van der Waals surface area contributed by atoms with Gasteiger partial charge in [0.05, 0.1) is 17.9 Å². The van der Waals surface area contributed by atoms with E-state index in [0.29, 0.717) is 6.42 Å². The predicted molar refractivity (Wildman–Crippen MR) is 52.7 cm³/mol. The van der Waals surface area contributed by atoms with Crippen molar-refractivity contribution in [2.75, 3.05) is 13.1 Å². The van der Waals surface area contributed by atoms with Gasteiger partial charge in [-0.25, -0.2) is 0 Å². The summed E-state index contributed by atoms with van der Waals surface area (Å²) in [6.07, 6.45) is -4.73. The Morgan fingerprint density at radius 3 is 2.63 bits per heavy atom. The lowest BCUT2D eigenvalue weighted by Crippen LogP contribution is -2.54. The van der Waals surface area contributed by atoms with Crippen LogP contribution in [-0.2, 0) is 11.0 Å². The third-order valence-corrected chi connectivity index (χ3v) is 3.29. The first kappa shape index (κ1) is 12.4. The van der Waals surface area contributed by atoms with Crippen LogP contribution in [0, 0.1) is 5.92 Å². The van der Waals surface area contributed by atoms with Gasteiger partial charge in [0, 0.05) is 13.1 Å². The van der Waals surface area contributed by atoms with Crippen molar-refractivity contribution in [1.82, 2.24) is 15.0 Å². The van der Waals surface area contributed by atoms with Crippen LogP contribution in [0.4, 0.5) is 13.2 Å². The summed E-state index contributed by atoms with van der Waals surface area (Å²) in [5.74, 6) is -2.49. The SMILES string of the molecule is O=C([C@@H]1C[C@@H]1c1nc(C(F)(F)F)no1)N1CC(O)C1. The average molecular weight is 277 g/mol. The van der Waals surface area contributed by atoms with Crippen molar-refractivity contribution in [2.45, 2.75) is 24.6 Å². The molecule has 2 fully saturated rings. The van der Waals surface area contributed by atoms with Crippen LogP contribution in [-0.4, -0.2) is 45.2 Å². The number of hydrogen-bond donors (Lipinski definition) is 1. The monoisotopic (exact) mass is 277 g/mol. The standard InChI is InChI=1S/C10H10F3N3O3/c11-10(12,13)9-14-7(19-15-9)5-1-6(5)8(18)16-2-4(17)3-16/h4-6,17H,1-3H2/t5-,6+/m0/s1. The molecular weight excluding hydrogens is 267 g/mol. The number of β-amino-alcohol motifs (C(OH)–C–C–N with tert-alkyl or cyclic N) is 1. The molecule has 0 aromatic carbocycles. The fraction of sp³-hybridized carbons (Fsp3) is 0.700. The lowest BCUT2D eigenvalue weighted by Gasteiger charge is -2.36. The first-order chi connectivity index (χ1) is 8.86. The van der Waals surface area contributed by atoms with E-state index in [2.05, 4.69) is 14.7 Å².